The summed E-state index contributed by atoms with van der Waals surface area (Å²) in [6.07, 6.45) is 9.13. The molecule has 0 unspecified atom stereocenters. The summed E-state index contributed by atoms with van der Waals surface area (Å²) in [5.41, 5.74) is 2.24. The van der Waals surface area contributed by atoms with Gasteiger partial charge in [-0.1, -0.05) is 38.0 Å². The third-order valence-electron chi connectivity index (χ3n) is 5.19. The van der Waals surface area contributed by atoms with Gasteiger partial charge in [-0.25, -0.2) is 0 Å². The minimum Gasteiger partial charge on any atom is -0.349 e. The Kier molecular flexibility index (Phi) is 5.23. The lowest BCUT2D eigenvalue weighted by Gasteiger charge is -2.12. The molecule has 1 heterocycles. The van der Waals surface area contributed by atoms with Gasteiger partial charge in [-0.2, -0.15) is 5.26 Å². The minimum atomic E-state index is -0.255. The molecule has 3 rings (SSSR count). The number of benzene rings is 1. The quantitative estimate of drug-likeness (QED) is 0.642. The van der Waals surface area contributed by atoms with Crippen molar-refractivity contribution in [2.24, 2.45) is 0 Å². The van der Waals surface area contributed by atoms with Crippen molar-refractivity contribution in [3.05, 3.63) is 41.6 Å². The Balaban J connectivity index is 1.95. The monoisotopic (exact) mass is 335 g/mol. The second kappa shape index (κ2) is 7.57. The highest BCUT2D eigenvalue weighted by Gasteiger charge is 2.20. The van der Waals surface area contributed by atoms with E-state index in [1.807, 2.05) is 18.2 Å². The number of hydrogen-bond donors (Lipinski definition) is 1. The molecule has 4 nitrogen and oxygen atoms in total. The Morgan fingerprint density at radius 3 is 2.80 bits per heavy atom. The van der Waals surface area contributed by atoms with Gasteiger partial charge in [0, 0.05) is 34.7 Å². The molecule has 1 aromatic heterocycles. The Morgan fingerprint density at radius 2 is 2.12 bits per heavy atom. The van der Waals surface area contributed by atoms with Crippen molar-refractivity contribution >= 4 is 22.9 Å². The first-order valence-electron chi connectivity index (χ1n) is 9.16. The van der Waals surface area contributed by atoms with E-state index in [1.54, 1.807) is 6.08 Å². The average molecular weight is 335 g/mol. The van der Waals surface area contributed by atoms with Crippen LogP contribution in [-0.2, 0) is 4.79 Å². The Morgan fingerprint density at radius 1 is 1.40 bits per heavy atom. The average Bonchev–Trinajstić information content (AvgIpc) is 3.27. The molecule has 2 aromatic rings. The summed E-state index contributed by atoms with van der Waals surface area (Å²) in [5.74, 6) is -0.255. The standard InChI is InChI=1S/C21H25N3O/c1-3-15(2)24-14-17(19-10-6-7-11-20(19)24)12-16(13-22)21(25)23-18-8-4-5-9-18/h6-7,10-12,14-15,18H,3-5,8-9H2,1-2H3,(H,23,25)/b16-12-/t15-/m1/s1. The van der Waals surface area contributed by atoms with Gasteiger partial charge in [-0.3, -0.25) is 4.79 Å². The Labute approximate surface area is 149 Å². The zero-order valence-electron chi connectivity index (χ0n) is 15.0. The maximum atomic E-state index is 12.5. The van der Waals surface area contributed by atoms with Crippen LogP contribution in [0.3, 0.4) is 0 Å². The van der Waals surface area contributed by atoms with E-state index in [2.05, 4.69) is 42.1 Å². The number of nitrogens with zero attached hydrogens (tertiary/aromatic N) is 2. The highest BCUT2D eigenvalue weighted by atomic mass is 16.1. The molecule has 1 N–H and O–H groups in total. The van der Waals surface area contributed by atoms with Crippen LogP contribution in [0.4, 0.5) is 0 Å². The molecule has 25 heavy (non-hydrogen) atoms. The predicted molar refractivity (Wildman–Crippen MR) is 101 cm³/mol. The van der Waals surface area contributed by atoms with Crippen LogP contribution in [0, 0.1) is 11.3 Å². The molecule has 0 spiro atoms. The van der Waals surface area contributed by atoms with E-state index >= 15 is 0 Å². The highest BCUT2D eigenvalue weighted by Crippen LogP contribution is 2.27. The number of amides is 1. The summed E-state index contributed by atoms with van der Waals surface area (Å²) in [7, 11) is 0. The number of carbonyl (C=O) groups excluding carboxylic acids is 1. The molecule has 0 bridgehead atoms. The molecule has 0 radical (unpaired) electrons. The largest absolute Gasteiger partial charge is 0.349 e. The van der Waals surface area contributed by atoms with Crippen LogP contribution >= 0.6 is 0 Å². The molecule has 0 saturated heterocycles. The van der Waals surface area contributed by atoms with Crippen molar-refractivity contribution in [1.29, 1.82) is 5.26 Å². The number of para-hydroxylation sites is 1. The number of fused-ring (bicyclic) bond motifs is 1. The first-order valence-corrected chi connectivity index (χ1v) is 9.16. The van der Waals surface area contributed by atoms with Gasteiger partial charge < -0.3 is 9.88 Å². The van der Waals surface area contributed by atoms with Crippen LogP contribution in [0.25, 0.3) is 17.0 Å². The normalized spacial score (nSPS) is 16.8. The number of carbonyl (C=O) groups is 1. The molecule has 130 valence electrons. The lowest BCUT2D eigenvalue weighted by Crippen LogP contribution is -2.33. The third kappa shape index (κ3) is 3.61. The second-order valence-electron chi connectivity index (χ2n) is 6.89. The van der Waals surface area contributed by atoms with Crippen LogP contribution < -0.4 is 5.32 Å². The van der Waals surface area contributed by atoms with E-state index in [0.717, 1.165) is 48.6 Å². The van der Waals surface area contributed by atoms with E-state index < -0.39 is 0 Å². The zero-order valence-corrected chi connectivity index (χ0v) is 15.0. The van der Waals surface area contributed by atoms with Gasteiger partial charge >= 0.3 is 0 Å². The predicted octanol–water partition coefficient (Wildman–Crippen LogP) is 4.58. The molecular formula is C21H25N3O. The first kappa shape index (κ1) is 17.3. The minimum absolute atomic E-state index is 0.180. The van der Waals surface area contributed by atoms with Gasteiger partial charge in [0.15, 0.2) is 0 Å². The zero-order chi connectivity index (χ0) is 17.8. The number of rotatable bonds is 5. The Bertz CT molecular complexity index is 834. The molecule has 1 fully saturated rings. The first-order chi connectivity index (χ1) is 12.1. The van der Waals surface area contributed by atoms with Crippen LogP contribution in [0.2, 0.25) is 0 Å². The molecule has 1 aliphatic carbocycles. The lowest BCUT2D eigenvalue weighted by molar-refractivity contribution is -0.117. The lowest BCUT2D eigenvalue weighted by atomic mass is 10.1. The van der Waals surface area contributed by atoms with E-state index in [1.165, 1.54) is 0 Å². The number of aromatic nitrogens is 1. The van der Waals surface area contributed by atoms with Crippen molar-refractivity contribution in [2.45, 2.75) is 58.0 Å². The number of hydrogen-bond acceptors (Lipinski definition) is 2. The highest BCUT2D eigenvalue weighted by molar-refractivity contribution is 6.04. The van der Waals surface area contributed by atoms with Crippen LogP contribution in [0.5, 0.6) is 0 Å². The van der Waals surface area contributed by atoms with Crippen molar-refractivity contribution in [3.63, 3.8) is 0 Å². The summed E-state index contributed by atoms with van der Waals surface area (Å²) in [6, 6.07) is 10.8. The summed E-state index contributed by atoms with van der Waals surface area (Å²) in [5, 5.41) is 13.6. The number of nitrogens with one attached hydrogen (secondary N) is 1. The third-order valence-corrected chi connectivity index (χ3v) is 5.19. The summed E-state index contributed by atoms with van der Waals surface area (Å²) >= 11 is 0. The van der Waals surface area contributed by atoms with Gasteiger partial charge in [-0.05, 0) is 38.3 Å². The van der Waals surface area contributed by atoms with Gasteiger partial charge in [-0.15, -0.1) is 0 Å². The number of nitriles is 1. The fourth-order valence-electron chi connectivity index (χ4n) is 3.55. The summed E-state index contributed by atoms with van der Waals surface area (Å²) < 4.78 is 2.23. The summed E-state index contributed by atoms with van der Waals surface area (Å²) in [4.78, 5) is 12.5. The van der Waals surface area contributed by atoms with Crippen molar-refractivity contribution < 1.29 is 4.79 Å². The van der Waals surface area contributed by atoms with Crippen molar-refractivity contribution in [2.75, 3.05) is 0 Å². The van der Waals surface area contributed by atoms with Crippen LogP contribution in [0.15, 0.2) is 36.0 Å². The SMILES string of the molecule is CC[C@@H](C)n1cc(/C=C(/C#N)C(=O)NC2CCCC2)c2ccccc21. The topological polar surface area (TPSA) is 57.8 Å². The smallest absolute Gasteiger partial charge is 0.262 e. The van der Waals surface area contributed by atoms with Crippen molar-refractivity contribution in [1.82, 2.24) is 9.88 Å². The fraction of sp³-hybridized carbons (Fsp3) is 0.429. The molecule has 0 aliphatic heterocycles. The molecule has 4 heteroatoms. The van der Waals surface area contributed by atoms with Gasteiger partial charge in [0.25, 0.3) is 5.91 Å². The summed E-state index contributed by atoms with van der Waals surface area (Å²) in [6.45, 7) is 4.34. The molecule has 1 amide bonds. The van der Waals surface area contributed by atoms with Gasteiger partial charge in [0.1, 0.15) is 11.6 Å². The van der Waals surface area contributed by atoms with E-state index in [0.29, 0.717) is 6.04 Å². The molecular weight excluding hydrogens is 310 g/mol. The second-order valence-corrected chi connectivity index (χ2v) is 6.89. The van der Waals surface area contributed by atoms with Crippen LogP contribution in [-0.4, -0.2) is 16.5 Å². The maximum Gasteiger partial charge on any atom is 0.262 e. The Hall–Kier alpha value is -2.54. The molecule has 1 aromatic carbocycles. The molecule has 1 atom stereocenters. The maximum absolute atomic E-state index is 12.5. The van der Waals surface area contributed by atoms with Gasteiger partial charge in [0.2, 0.25) is 0 Å². The van der Waals surface area contributed by atoms with Crippen molar-refractivity contribution in [3.8, 4) is 6.07 Å². The molecule has 1 saturated carbocycles. The van der Waals surface area contributed by atoms with Crippen LogP contribution in [0.1, 0.15) is 57.6 Å². The fourth-order valence-corrected chi connectivity index (χ4v) is 3.55. The van der Waals surface area contributed by atoms with E-state index in [4.69, 9.17) is 0 Å². The van der Waals surface area contributed by atoms with E-state index in [-0.39, 0.29) is 17.5 Å². The van der Waals surface area contributed by atoms with E-state index in [9.17, 15) is 10.1 Å². The van der Waals surface area contributed by atoms with Gasteiger partial charge in [0.05, 0.1) is 0 Å². The molecule has 1 aliphatic rings.